The molecule has 1 aliphatic heterocycles. The highest BCUT2D eigenvalue weighted by atomic mass is 15.0. The van der Waals surface area contributed by atoms with Gasteiger partial charge in [-0.25, -0.2) is 4.58 Å². The van der Waals surface area contributed by atoms with Gasteiger partial charge in [0, 0.05) is 17.9 Å². The zero-order valence-electron chi connectivity index (χ0n) is 14.8. The molecule has 118 valence electrons. The molecule has 5 rings (SSSR count). The maximum Gasteiger partial charge on any atom is 0.217 e. The second-order valence-corrected chi connectivity index (χ2v) is 7.49. The van der Waals surface area contributed by atoms with E-state index in [1.807, 2.05) is 0 Å². The van der Waals surface area contributed by atoms with E-state index < -0.39 is 0 Å². The molecule has 0 saturated carbocycles. The molecule has 0 bridgehead atoms. The van der Waals surface area contributed by atoms with Crippen molar-refractivity contribution in [1.29, 1.82) is 0 Å². The van der Waals surface area contributed by atoms with Gasteiger partial charge in [0.15, 0.2) is 5.71 Å². The third-order valence-electron chi connectivity index (χ3n) is 6.14. The molecule has 0 spiro atoms. The Bertz CT molecular complexity index is 1040. The number of hydrogen-bond donors (Lipinski definition) is 0. The molecule has 2 aliphatic rings. The van der Waals surface area contributed by atoms with E-state index in [1.165, 1.54) is 60.8 Å². The lowest BCUT2D eigenvalue weighted by molar-refractivity contribution is -0.400. The van der Waals surface area contributed by atoms with Crippen molar-refractivity contribution in [3.8, 4) is 0 Å². The first-order valence-electron chi connectivity index (χ1n) is 8.79. The molecule has 3 aromatic carbocycles. The normalized spacial score (nSPS) is 16.5. The molecule has 1 heteroatoms. The van der Waals surface area contributed by atoms with Crippen LogP contribution in [0.3, 0.4) is 0 Å². The minimum Gasteiger partial charge on any atom is -0.202 e. The first-order chi connectivity index (χ1) is 11.6. The number of nitrogens with zero attached hydrogens (tertiary/aromatic N) is 1. The summed E-state index contributed by atoms with van der Waals surface area (Å²) in [6, 6.07) is 13.8. The van der Waals surface area contributed by atoms with Crippen molar-refractivity contribution in [3.05, 3.63) is 58.7 Å². The van der Waals surface area contributed by atoms with E-state index in [0.717, 1.165) is 12.8 Å². The summed E-state index contributed by atoms with van der Waals surface area (Å²) in [6.45, 7) is 6.82. The van der Waals surface area contributed by atoms with Crippen LogP contribution >= 0.6 is 0 Å². The van der Waals surface area contributed by atoms with Crippen LogP contribution in [0.4, 0.5) is 5.69 Å². The van der Waals surface area contributed by atoms with Crippen molar-refractivity contribution in [2.45, 2.75) is 33.6 Å². The molecule has 0 atom stereocenters. The van der Waals surface area contributed by atoms with Crippen molar-refractivity contribution in [3.63, 3.8) is 0 Å². The Labute approximate surface area is 142 Å². The zero-order valence-corrected chi connectivity index (χ0v) is 14.8. The van der Waals surface area contributed by atoms with Crippen LogP contribution in [0.1, 0.15) is 37.5 Å². The Hall–Kier alpha value is -2.41. The molecule has 0 fully saturated rings. The molecule has 0 saturated heterocycles. The second-order valence-electron chi connectivity index (χ2n) is 7.49. The maximum atomic E-state index is 2.40. The summed E-state index contributed by atoms with van der Waals surface area (Å²) in [7, 11) is 2.22. The van der Waals surface area contributed by atoms with Gasteiger partial charge in [-0.15, -0.1) is 0 Å². The van der Waals surface area contributed by atoms with Gasteiger partial charge in [0.05, 0.1) is 11.8 Å². The van der Waals surface area contributed by atoms with Gasteiger partial charge >= 0.3 is 0 Å². The minimum absolute atomic E-state index is 1.07. The van der Waals surface area contributed by atoms with E-state index in [4.69, 9.17) is 0 Å². The highest BCUT2D eigenvalue weighted by Gasteiger charge is 2.29. The van der Waals surface area contributed by atoms with Crippen LogP contribution in [-0.4, -0.2) is 17.3 Å². The third-order valence-corrected chi connectivity index (χ3v) is 6.14. The van der Waals surface area contributed by atoms with E-state index in [9.17, 15) is 0 Å². The minimum atomic E-state index is 1.07. The van der Waals surface area contributed by atoms with Gasteiger partial charge in [-0.1, -0.05) is 42.0 Å². The summed E-state index contributed by atoms with van der Waals surface area (Å²) in [4.78, 5) is 0. The van der Waals surface area contributed by atoms with Crippen LogP contribution in [-0.2, 0) is 12.8 Å². The average Bonchev–Trinajstić information content (AvgIpc) is 3.04. The summed E-state index contributed by atoms with van der Waals surface area (Å²) < 4.78 is 2.40. The zero-order chi connectivity index (χ0) is 16.6. The molecule has 24 heavy (non-hydrogen) atoms. The van der Waals surface area contributed by atoms with Crippen molar-refractivity contribution in [2.24, 2.45) is 0 Å². The van der Waals surface area contributed by atoms with Gasteiger partial charge in [0.1, 0.15) is 7.05 Å². The van der Waals surface area contributed by atoms with Crippen LogP contribution in [0, 0.1) is 0 Å². The molecule has 1 aliphatic carbocycles. The molecule has 1 heterocycles. The van der Waals surface area contributed by atoms with Crippen molar-refractivity contribution < 1.29 is 4.58 Å². The summed E-state index contributed by atoms with van der Waals surface area (Å²) >= 11 is 0. The summed E-state index contributed by atoms with van der Waals surface area (Å²) in [5.41, 5.74) is 10.3. The van der Waals surface area contributed by atoms with Crippen LogP contribution in [0.2, 0.25) is 0 Å². The smallest absolute Gasteiger partial charge is 0.202 e. The molecule has 0 radical (unpaired) electrons. The quantitative estimate of drug-likeness (QED) is 0.373. The first kappa shape index (κ1) is 14.0. The molecule has 0 amide bonds. The molecule has 0 unspecified atom stereocenters. The van der Waals surface area contributed by atoms with E-state index in [1.54, 1.807) is 0 Å². The Kier molecular flexibility index (Phi) is 2.66. The monoisotopic (exact) mass is 312 g/mol. The number of rotatable bonds is 0. The van der Waals surface area contributed by atoms with Crippen LogP contribution in [0.15, 0.2) is 42.0 Å². The SMILES string of the molecule is CC1=C(C)c2c(ccc3ccc4ccc5c(c4c23)[N+](C)=C(C)C5)C1. The fourth-order valence-corrected chi connectivity index (χ4v) is 4.62. The Morgan fingerprint density at radius 3 is 2.12 bits per heavy atom. The first-order valence-corrected chi connectivity index (χ1v) is 8.79. The van der Waals surface area contributed by atoms with E-state index >= 15 is 0 Å². The number of hydrogen-bond acceptors (Lipinski definition) is 0. The maximum absolute atomic E-state index is 2.40. The lowest BCUT2D eigenvalue weighted by Gasteiger charge is -2.12. The molecule has 1 nitrogen and oxygen atoms in total. The van der Waals surface area contributed by atoms with Crippen molar-refractivity contribution in [2.75, 3.05) is 7.05 Å². The fourth-order valence-electron chi connectivity index (χ4n) is 4.62. The Morgan fingerprint density at radius 2 is 1.38 bits per heavy atom. The number of fused-ring (bicyclic) bond motifs is 7. The molecule has 0 N–H and O–H groups in total. The van der Waals surface area contributed by atoms with Gasteiger partial charge in [-0.3, -0.25) is 0 Å². The van der Waals surface area contributed by atoms with Crippen LogP contribution in [0.5, 0.6) is 0 Å². The van der Waals surface area contributed by atoms with Gasteiger partial charge < -0.3 is 0 Å². The number of benzene rings is 3. The van der Waals surface area contributed by atoms with Crippen LogP contribution < -0.4 is 0 Å². The van der Waals surface area contributed by atoms with Gasteiger partial charge in [-0.2, -0.15) is 0 Å². The Morgan fingerprint density at radius 1 is 0.750 bits per heavy atom. The van der Waals surface area contributed by atoms with Crippen LogP contribution in [0.25, 0.3) is 27.1 Å². The molecular formula is C23H22N+. The van der Waals surface area contributed by atoms with Crippen molar-refractivity contribution in [1.82, 2.24) is 0 Å². The topological polar surface area (TPSA) is 3.01 Å². The number of allylic oxidation sites excluding steroid dienone is 2. The highest BCUT2D eigenvalue weighted by molar-refractivity contribution is 6.18. The standard InChI is InChI=1S/C23H22N/c1-13-11-18-9-7-16-5-6-17-8-10-19-12-14(2)24(4)23(19)22(17)21(16)20(18)15(13)3/h5-10H,11-12H2,1-4H3/q+1. The predicted octanol–water partition coefficient (Wildman–Crippen LogP) is 5.63. The predicted molar refractivity (Wildman–Crippen MR) is 104 cm³/mol. The molecule has 3 aromatic rings. The summed E-state index contributed by atoms with van der Waals surface area (Å²) in [5, 5.41) is 5.61. The van der Waals surface area contributed by atoms with E-state index in [-0.39, 0.29) is 0 Å². The lowest BCUT2D eigenvalue weighted by Crippen LogP contribution is -2.03. The molecular weight excluding hydrogens is 290 g/mol. The largest absolute Gasteiger partial charge is 0.217 e. The average molecular weight is 312 g/mol. The lowest BCUT2D eigenvalue weighted by atomic mass is 9.91. The van der Waals surface area contributed by atoms with Gasteiger partial charge in [-0.05, 0) is 47.7 Å². The summed E-state index contributed by atoms with van der Waals surface area (Å²) in [5.74, 6) is 0. The fraction of sp³-hybridized carbons (Fsp3) is 0.261. The van der Waals surface area contributed by atoms with E-state index in [2.05, 4.69) is 68.8 Å². The van der Waals surface area contributed by atoms with E-state index in [0.29, 0.717) is 0 Å². The van der Waals surface area contributed by atoms with Gasteiger partial charge in [0.25, 0.3) is 0 Å². The Balaban J connectivity index is 2.07. The second kappa shape index (κ2) is 4.57. The van der Waals surface area contributed by atoms with Crippen molar-refractivity contribution >= 4 is 38.5 Å². The van der Waals surface area contributed by atoms with Gasteiger partial charge in [0.2, 0.25) is 5.69 Å². The highest BCUT2D eigenvalue weighted by Crippen LogP contribution is 2.44. The summed E-state index contributed by atoms with van der Waals surface area (Å²) in [6.07, 6.45) is 2.17. The third kappa shape index (κ3) is 1.62. The molecule has 0 aromatic heterocycles.